The van der Waals surface area contributed by atoms with Crippen LogP contribution in [0.1, 0.15) is 101 Å². The number of hydrogen-bond donors (Lipinski definition) is 2. The summed E-state index contributed by atoms with van der Waals surface area (Å²) in [6.45, 7) is 5.42. The molecule has 3 aromatic rings. The molecule has 1 unspecified atom stereocenters. The fourth-order valence-corrected chi connectivity index (χ4v) is 6.70. The van der Waals surface area contributed by atoms with E-state index in [1.54, 1.807) is 17.0 Å². The fraction of sp³-hybridized carbons (Fsp3) is 0.485. The molecule has 0 aromatic heterocycles. The predicted octanol–water partition coefficient (Wildman–Crippen LogP) is 8.43. The standard InChI is InChI=1S/C33H45N3O8S2/c1-3-5-7-9-11-13-21-34(22-14-12-10-8-6-4-2)33(37)27-23-26-17-15-20-30(32(26)31(24-27)36(38)39)35(45(40)41)28-18-16-19-29(25-28)46(42,43)44/h15-20,23-25H,3-14,21-22H2,1-2H3,(H,40,41)(H,42,43,44). The Morgan fingerprint density at radius 3 is 1.96 bits per heavy atom. The van der Waals surface area contributed by atoms with Gasteiger partial charge in [0.1, 0.15) is 0 Å². The first-order valence-corrected chi connectivity index (χ1v) is 18.5. The normalized spacial score (nSPS) is 12.3. The lowest BCUT2D eigenvalue weighted by Crippen LogP contribution is -2.33. The molecular formula is C33H45N3O8S2. The Bertz CT molecular complexity index is 1600. The molecule has 0 saturated carbocycles. The molecule has 2 N–H and O–H groups in total. The quantitative estimate of drug-likeness (QED) is 0.0397. The molecule has 0 bridgehead atoms. The molecule has 13 heteroatoms. The van der Waals surface area contributed by atoms with Gasteiger partial charge in [-0.15, -0.1) is 0 Å². The summed E-state index contributed by atoms with van der Waals surface area (Å²) in [5.41, 5.74) is -0.426. The number of amides is 1. The molecule has 3 rings (SSSR count). The maximum absolute atomic E-state index is 13.9. The minimum atomic E-state index is -4.64. The van der Waals surface area contributed by atoms with Gasteiger partial charge in [0, 0.05) is 24.7 Å². The van der Waals surface area contributed by atoms with E-state index < -0.39 is 36.9 Å². The maximum atomic E-state index is 13.9. The Morgan fingerprint density at radius 2 is 1.41 bits per heavy atom. The number of hydrogen-bond acceptors (Lipinski definition) is 6. The van der Waals surface area contributed by atoms with Crippen LogP contribution in [0, 0.1) is 10.1 Å². The van der Waals surface area contributed by atoms with Crippen LogP contribution in [0.15, 0.2) is 59.5 Å². The van der Waals surface area contributed by atoms with Gasteiger partial charge in [-0.3, -0.25) is 24.0 Å². The topological polar surface area (TPSA) is 158 Å². The SMILES string of the molecule is CCCCCCCCN(CCCCCCCC)C(=O)c1cc([N+](=O)[O-])c2c(N(c3cccc(S(=O)(=O)O)c3)S(=O)O)cccc2c1. The zero-order valence-corrected chi connectivity index (χ0v) is 28.2. The summed E-state index contributed by atoms with van der Waals surface area (Å²) in [4.78, 5) is 27.0. The molecule has 0 aliphatic rings. The first-order valence-electron chi connectivity index (χ1n) is 16.0. The number of non-ortho nitro benzene ring substituents is 1. The minimum absolute atomic E-state index is 0.00195. The van der Waals surface area contributed by atoms with Crippen molar-refractivity contribution in [1.29, 1.82) is 0 Å². The van der Waals surface area contributed by atoms with Crippen molar-refractivity contribution in [2.24, 2.45) is 0 Å². The van der Waals surface area contributed by atoms with Crippen molar-refractivity contribution in [3.8, 4) is 0 Å². The monoisotopic (exact) mass is 675 g/mol. The molecule has 252 valence electrons. The van der Waals surface area contributed by atoms with Gasteiger partial charge in [-0.05, 0) is 48.6 Å². The van der Waals surface area contributed by atoms with Gasteiger partial charge in [-0.1, -0.05) is 96.3 Å². The third-order valence-electron chi connectivity index (χ3n) is 7.95. The van der Waals surface area contributed by atoms with Crippen molar-refractivity contribution in [2.45, 2.75) is 95.8 Å². The number of fused-ring (bicyclic) bond motifs is 1. The van der Waals surface area contributed by atoms with E-state index in [0.29, 0.717) is 18.5 Å². The van der Waals surface area contributed by atoms with Crippen molar-refractivity contribution in [3.63, 3.8) is 0 Å². The zero-order chi connectivity index (χ0) is 33.7. The van der Waals surface area contributed by atoms with Crippen molar-refractivity contribution in [1.82, 2.24) is 4.90 Å². The van der Waals surface area contributed by atoms with Gasteiger partial charge < -0.3 is 4.90 Å². The van der Waals surface area contributed by atoms with Crippen molar-refractivity contribution < 1.29 is 31.5 Å². The molecule has 1 amide bonds. The number of carbonyl (C=O) groups is 1. The number of unbranched alkanes of at least 4 members (excludes halogenated alkanes) is 10. The predicted molar refractivity (Wildman–Crippen MR) is 182 cm³/mol. The molecule has 0 heterocycles. The molecule has 0 aliphatic carbocycles. The summed E-state index contributed by atoms with van der Waals surface area (Å²) in [5.74, 6) is -0.305. The Hall–Kier alpha value is -3.39. The van der Waals surface area contributed by atoms with Gasteiger partial charge in [0.2, 0.25) is 0 Å². The van der Waals surface area contributed by atoms with Crippen molar-refractivity contribution in [3.05, 3.63) is 70.3 Å². The summed E-state index contributed by atoms with van der Waals surface area (Å²) in [5, 5.41) is 12.7. The van der Waals surface area contributed by atoms with E-state index in [9.17, 15) is 36.6 Å². The Labute approximate surface area is 274 Å². The molecule has 1 atom stereocenters. The van der Waals surface area contributed by atoms with Gasteiger partial charge in [-0.25, -0.2) is 8.51 Å². The van der Waals surface area contributed by atoms with E-state index in [-0.39, 0.29) is 28.2 Å². The van der Waals surface area contributed by atoms with Gasteiger partial charge >= 0.3 is 0 Å². The van der Waals surface area contributed by atoms with E-state index in [0.717, 1.165) is 80.6 Å². The maximum Gasteiger partial charge on any atom is 0.294 e. The average Bonchev–Trinajstić information content (AvgIpc) is 3.02. The first-order chi connectivity index (χ1) is 22.0. The number of nitrogens with zero attached hydrogens (tertiary/aromatic N) is 3. The molecule has 11 nitrogen and oxygen atoms in total. The third kappa shape index (κ3) is 10.3. The number of rotatable bonds is 20. The van der Waals surface area contributed by atoms with Crippen LogP contribution in [0.25, 0.3) is 10.8 Å². The molecular weight excluding hydrogens is 631 g/mol. The number of anilines is 2. The number of carbonyl (C=O) groups excluding carboxylic acids is 1. The summed E-state index contributed by atoms with van der Waals surface area (Å²) in [7, 11) is -4.64. The minimum Gasteiger partial charge on any atom is -0.339 e. The molecule has 0 saturated heterocycles. The van der Waals surface area contributed by atoms with E-state index in [1.807, 2.05) is 0 Å². The summed E-state index contributed by atoms with van der Waals surface area (Å²) in [6, 6.07) is 12.0. The highest BCUT2D eigenvalue weighted by Crippen LogP contribution is 2.40. The lowest BCUT2D eigenvalue weighted by Gasteiger charge is -2.24. The summed E-state index contributed by atoms with van der Waals surface area (Å²) < 4.78 is 56.7. The van der Waals surface area contributed by atoms with Crippen LogP contribution in [0.4, 0.5) is 17.1 Å². The van der Waals surface area contributed by atoms with Gasteiger partial charge in [0.05, 0.1) is 26.6 Å². The van der Waals surface area contributed by atoms with E-state index >= 15 is 0 Å². The zero-order valence-electron chi connectivity index (χ0n) is 26.6. The third-order valence-corrected chi connectivity index (χ3v) is 9.52. The smallest absolute Gasteiger partial charge is 0.294 e. The molecule has 0 aliphatic heterocycles. The lowest BCUT2D eigenvalue weighted by molar-refractivity contribution is -0.383. The first kappa shape index (κ1) is 37.1. The molecule has 0 fully saturated rings. The second-order valence-corrected chi connectivity index (χ2v) is 13.7. The van der Waals surface area contributed by atoms with E-state index in [4.69, 9.17) is 0 Å². The fourth-order valence-electron chi connectivity index (χ4n) is 5.57. The van der Waals surface area contributed by atoms with E-state index in [1.165, 1.54) is 43.2 Å². The summed E-state index contributed by atoms with van der Waals surface area (Å²) >= 11 is -2.79. The van der Waals surface area contributed by atoms with Crippen LogP contribution < -0.4 is 4.31 Å². The van der Waals surface area contributed by atoms with Crippen LogP contribution in [-0.2, 0) is 21.4 Å². The van der Waals surface area contributed by atoms with Gasteiger partial charge in [0.15, 0.2) is 0 Å². The number of benzene rings is 3. The number of nitro benzene ring substituents is 1. The Morgan fingerprint density at radius 1 is 0.848 bits per heavy atom. The Kier molecular flexibility index (Phi) is 14.6. The van der Waals surface area contributed by atoms with Crippen molar-refractivity contribution >= 4 is 55.1 Å². The van der Waals surface area contributed by atoms with Crippen LogP contribution in [0.2, 0.25) is 0 Å². The highest BCUT2D eigenvalue weighted by Gasteiger charge is 2.27. The second kappa shape index (κ2) is 18.1. The number of nitro groups is 1. The molecule has 0 spiro atoms. The average molecular weight is 676 g/mol. The molecule has 3 aromatic carbocycles. The van der Waals surface area contributed by atoms with Crippen LogP contribution >= 0.6 is 0 Å². The molecule has 46 heavy (non-hydrogen) atoms. The Balaban J connectivity index is 2.01. The second-order valence-electron chi connectivity index (χ2n) is 11.5. The van der Waals surface area contributed by atoms with E-state index in [2.05, 4.69) is 13.8 Å². The molecule has 0 radical (unpaired) electrons. The van der Waals surface area contributed by atoms with Gasteiger partial charge in [-0.2, -0.15) is 8.42 Å². The lowest BCUT2D eigenvalue weighted by atomic mass is 10.0. The summed E-state index contributed by atoms with van der Waals surface area (Å²) in [6.07, 6.45) is 12.8. The van der Waals surface area contributed by atoms with Crippen LogP contribution in [0.3, 0.4) is 0 Å². The highest BCUT2D eigenvalue weighted by atomic mass is 32.2. The highest BCUT2D eigenvalue weighted by molar-refractivity contribution is 7.85. The van der Waals surface area contributed by atoms with Crippen molar-refractivity contribution in [2.75, 3.05) is 17.4 Å². The van der Waals surface area contributed by atoms with Crippen LogP contribution in [0.5, 0.6) is 0 Å². The van der Waals surface area contributed by atoms with Gasteiger partial charge in [0.25, 0.3) is 33.0 Å². The van der Waals surface area contributed by atoms with Crippen LogP contribution in [-0.4, -0.2) is 50.6 Å². The largest absolute Gasteiger partial charge is 0.339 e.